The van der Waals surface area contributed by atoms with Crippen LogP contribution < -0.4 is 10.6 Å². The molecule has 0 amide bonds. The van der Waals surface area contributed by atoms with Gasteiger partial charge < -0.3 is 15.4 Å². The average Bonchev–Trinajstić information content (AvgIpc) is 2.30. The van der Waals surface area contributed by atoms with Crippen LogP contribution in [0.5, 0.6) is 0 Å². The quantitative estimate of drug-likeness (QED) is 0.356. The normalized spacial score (nSPS) is 19.1. The fourth-order valence-electron chi connectivity index (χ4n) is 1.83. The van der Waals surface area contributed by atoms with Crippen LogP contribution in [0, 0.1) is 5.41 Å². The van der Waals surface area contributed by atoms with E-state index in [9.17, 15) is 8.42 Å². The van der Waals surface area contributed by atoms with Crippen LogP contribution in [0.3, 0.4) is 0 Å². The van der Waals surface area contributed by atoms with Crippen molar-refractivity contribution in [2.24, 2.45) is 10.4 Å². The topological polar surface area (TPSA) is 79.8 Å². The van der Waals surface area contributed by atoms with E-state index in [1.54, 1.807) is 0 Å². The Balaban J connectivity index is 0.00000400. The molecular formula is C13H28IN3O3S. The molecule has 1 aliphatic rings. The Hall–Kier alpha value is -0.0900. The lowest BCUT2D eigenvalue weighted by molar-refractivity contribution is -0.0945. The molecule has 1 unspecified atom stereocenters. The number of hydrogen-bond acceptors (Lipinski definition) is 4. The molecule has 1 rings (SSSR count). The molecule has 0 saturated carbocycles. The maximum atomic E-state index is 11.2. The number of nitrogens with zero attached hydrogens (tertiary/aromatic N) is 1. The second-order valence-corrected chi connectivity index (χ2v) is 8.22. The molecule has 21 heavy (non-hydrogen) atoms. The number of nitrogens with one attached hydrogen (secondary N) is 2. The molecule has 126 valence electrons. The Labute approximate surface area is 145 Å². The molecule has 0 spiro atoms. The fourth-order valence-corrected chi connectivity index (χ4v) is 2.61. The minimum atomic E-state index is -2.91. The molecule has 1 saturated heterocycles. The number of ether oxygens (including phenoxy) is 1. The number of halogens is 1. The van der Waals surface area contributed by atoms with Gasteiger partial charge in [-0.05, 0) is 20.3 Å². The summed E-state index contributed by atoms with van der Waals surface area (Å²) in [5.41, 5.74) is 0.137. The van der Waals surface area contributed by atoms with Crippen molar-refractivity contribution in [2.45, 2.75) is 33.2 Å². The number of hydrogen-bond donors (Lipinski definition) is 2. The average molecular weight is 433 g/mol. The van der Waals surface area contributed by atoms with Gasteiger partial charge in [0, 0.05) is 24.3 Å². The van der Waals surface area contributed by atoms with E-state index >= 15 is 0 Å². The van der Waals surface area contributed by atoms with Gasteiger partial charge in [0.15, 0.2) is 5.96 Å². The van der Waals surface area contributed by atoms with Crippen molar-refractivity contribution in [3.8, 4) is 0 Å². The van der Waals surface area contributed by atoms with Gasteiger partial charge in [-0.1, -0.05) is 6.92 Å². The predicted molar refractivity (Wildman–Crippen MR) is 97.2 cm³/mol. The van der Waals surface area contributed by atoms with Crippen molar-refractivity contribution in [3.05, 3.63) is 0 Å². The van der Waals surface area contributed by atoms with E-state index in [0.717, 1.165) is 25.7 Å². The third-order valence-corrected chi connectivity index (χ3v) is 4.15. The Morgan fingerprint density at radius 1 is 1.43 bits per heavy atom. The zero-order valence-corrected chi connectivity index (χ0v) is 16.5. The highest BCUT2D eigenvalue weighted by Crippen LogP contribution is 2.26. The highest BCUT2D eigenvalue weighted by Gasteiger charge is 2.33. The second kappa shape index (κ2) is 9.14. The summed E-state index contributed by atoms with van der Waals surface area (Å²) < 4.78 is 27.5. The van der Waals surface area contributed by atoms with E-state index in [1.807, 2.05) is 13.8 Å². The zero-order chi connectivity index (χ0) is 15.2. The number of aliphatic imine (C=N–C) groups is 1. The Morgan fingerprint density at radius 3 is 2.48 bits per heavy atom. The molecule has 1 atom stereocenters. The van der Waals surface area contributed by atoms with Gasteiger partial charge in [-0.3, -0.25) is 4.99 Å². The standard InChI is InChI=1S/C13H27N3O3S.HI/c1-5-14-12(15-8-13(3)9-19-10-13)16-11(2)6-7-20(4,17)18;/h11H,5-10H2,1-4H3,(H2,14,15,16);1H. The molecule has 2 N–H and O–H groups in total. The summed E-state index contributed by atoms with van der Waals surface area (Å²) in [6.07, 6.45) is 1.83. The summed E-state index contributed by atoms with van der Waals surface area (Å²) in [4.78, 5) is 4.56. The van der Waals surface area contributed by atoms with Crippen LogP contribution in [0.2, 0.25) is 0 Å². The summed E-state index contributed by atoms with van der Waals surface area (Å²) in [5, 5.41) is 6.42. The van der Waals surface area contributed by atoms with E-state index in [-0.39, 0.29) is 41.2 Å². The second-order valence-electron chi connectivity index (χ2n) is 5.96. The molecule has 6 nitrogen and oxygen atoms in total. The molecule has 0 aromatic carbocycles. The molecule has 1 fully saturated rings. The molecule has 1 aliphatic heterocycles. The lowest BCUT2D eigenvalue weighted by Crippen LogP contribution is -2.46. The molecule has 1 heterocycles. The van der Waals surface area contributed by atoms with Gasteiger partial charge in [0.2, 0.25) is 0 Å². The fraction of sp³-hybridized carbons (Fsp3) is 0.923. The first-order valence-electron chi connectivity index (χ1n) is 7.04. The molecule has 8 heteroatoms. The Bertz CT molecular complexity index is 436. The SMILES string of the molecule is CCNC(=NCC1(C)COC1)NC(C)CCS(C)(=O)=O.I. The monoisotopic (exact) mass is 433 g/mol. The van der Waals surface area contributed by atoms with Crippen LogP contribution >= 0.6 is 24.0 Å². The molecule has 0 aromatic rings. The van der Waals surface area contributed by atoms with Crippen LogP contribution in [0.1, 0.15) is 27.2 Å². The predicted octanol–water partition coefficient (Wildman–Crippen LogP) is 1.02. The smallest absolute Gasteiger partial charge is 0.191 e. The largest absolute Gasteiger partial charge is 0.380 e. The number of rotatable bonds is 7. The van der Waals surface area contributed by atoms with E-state index in [2.05, 4.69) is 22.5 Å². The summed E-state index contributed by atoms with van der Waals surface area (Å²) in [6, 6.07) is 0.0629. The van der Waals surface area contributed by atoms with Crippen molar-refractivity contribution in [3.63, 3.8) is 0 Å². The lowest BCUT2D eigenvalue weighted by atomic mass is 9.89. The summed E-state index contributed by atoms with van der Waals surface area (Å²) in [7, 11) is -2.91. The maximum Gasteiger partial charge on any atom is 0.191 e. The van der Waals surface area contributed by atoms with Gasteiger partial charge in [-0.25, -0.2) is 8.42 Å². The van der Waals surface area contributed by atoms with Crippen LogP contribution in [0.4, 0.5) is 0 Å². The van der Waals surface area contributed by atoms with E-state index in [1.165, 1.54) is 6.26 Å². The third-order valence-electron chi connectivity index (χ3n) is 3.17. The van der Waals surface area contributed by atoms with Gasteiger partial charge in [0.25, 0.3) is 0 Å². The Kier molecular flexibility index (Phi) is 9.10. The highest BCUT2D eigenvalue weighted by atomic mass is 127. The van der Waals surface area contributed by atoms with Gasteiger partial charge >= 0.3 is 0 Å². The summed E-state index contributed by atoms with van der Waals surface area (Å²) in [6.45, 7) is 9.10. The third kappa shape index (κ3) is 8.82. The first-order valence-corrected chi connectivity index (χ1v) is 9.10. The number of sulfone groups is 1. The number of guanidine groups is 1. The van der Waals surface area contributed by atoms with Gasteiger partial charge in [-0.2, -0.15) is 0 Å². The van der Waals surface area contributed by atoms with Gasteiger partial charge in [-0.15, -0.1) is 24.0 Å². The maximum absolute atomic E-state index is 11.2. The lowest BCUT2D eigenvalue weighted by Gasteiger charge is -2.36. The minimum Gasteiger partial charge on any atom is -0.380 e. The first kappa shape index (κ1) is 20.9. The van der Waals surface area contributed by atoms with Crippen molar-refractivity contribution in [2.75, 3.05) is 38.3 Å². The molecule has 0 aromatic heterocycles. The first-order chi connectivity index (χ1) is 9.24. The van der Waals surface area contributed by atoms with Gasteiger partial charge in [0.05, 0.1) is 25.5 Å². The van der Waals surface area contributed by atoms with Crippen LogP contribution in [-0.2, 0) is 14.6 Å². The minimum absolute atomic E-state index is 0. The molecule has 0 radical (unpaired) electrons. The van der Waals surface area contributed by atoms with E-state index < -0.39 is 9.84 Å². The van der Waals surface area contributed by atoms with Crippen molar-refractivity contribution in [1.82, 2.24) is 10.6 Å². The van der Waals surface area contributed by atoms with E-state index in [4.69, 9.17) is 4.74 Å². The molecule has 0 bridgehead atoms. The highest BCUT2D eigenvalue weighted by molar-refractivity contribution is 14.0. The van der Waals surface area contributed by atoms with E-state index in [0.29, 0.717) is 13.0 Å². The summed E-state index contributed by atoms with van der Waals surface area (Å²) in [5.74, 6) is 0.924. The van der Waals surface area contributed by atoms with Crippen molar-refractivity contribution < 1.29 is 13.2 Å². The molecular weight excluding hydrogens is 405 g/mol. The Morgan fingerprint density at radius 2 is 2.05 bits per heavy atom. The van der Waals surface area contributed by atoms with Crippen molar-refractivity contribution >= 4 is 39.8 Å². The summed E-state index contributed by atoms with van der Waals surface area (Å²) >= 11 is 0. The molecule has 0 aliphatic carbocycles. The van der Waals surface area contributed by atoms with Crippen molar-refractivity contribution in [1.29, 1.82) is 0 Å². The van der Waals surface area contributed by atoms with Gasteiger partial charge in [0.1, 0.15) is 9.84 Å². The van der Waals surface area contributed by atoms with Crippen LogP contribution in [-0.4, -0.2) is 58.7 Å². The van der Waals surface area contributed by atoms with Crippen LogP contribution in [0.15, 0.2) is 4.99 Å². The zero-order valence-electron chi connectivity index (χ0n) is 13.3. The van der Waals surface area contributed by atoms with Crippen LogP contribution in [0.25, 0.3) is 0 Å².